The minimum absolute atomic E-state index is 0.0131. The molecule has 128 valence electrons. The normalized spacial score (nSPS) is 11.2. The highest BCUT2D eigenvalue weighted by molar-refractivity contribution is 7.89. The number of nitrogens with zero attached hydrogens (tertiary/aromatic N) is 1. The third-order valence-corrected chi connectivity index (χ3v) is 5.22. The van der Waals surface area contributed by atoms with Gasteiger partial charge in [0, 0.05) is 30.9 Å². The fourth-order valence-electron chi connectivity index (χ4n) is 1.82. The Labute approximate surface area is 148 Å². The zero-order chi connectivity index (χ0) is 17.7. The molecule has 0 amide bonds. The summed E-state index contributed by atoms with van der Waals surface area (Å²) in [6, 6.07) is 9.87. The first-order valence-electron chi connectivity index (χ1n) is 6.72. The Morgan fingerprint density at radius 2 is 1.67 bits per heavy atom. The van der Waals surface area contributed by atoms with E-state index in [1.54, 1.807) is 12.1 Å². The molecule has 0 saturated heterocycles. The van der Waals surface area contributed by atoms with E-state index >= 15 is 0 Å². The van der Waals surface area contributed by atoms with Gasteiger partial charge >= 0.3 is 0 Å². The average molecular weight is 390 g/mol. The van der Waals surface area contributed by atoms with E-state index in [1.165, 1.54) is 30.3 Å². The summed E-state index contributed by atoms with van der Waals surface area (Å²) in [6.07, 6.45) is 0. The fourth-order valence-corrected chi connectivity index (χ4v) is 3.24. The maximum atomic E-state index is 12.1. The first-order chi connectivity index (χ1) is 11.3. The van der Waals surface area contributed by atoms with E-state index in [0.717, 1.165) is 0 Å². The van der Waals surface area contributed by atoms with Gasteiger partial charge in [-0.25, -0.2) is 13.1 Å². The van der Waals surface area contributed by atoms with Gasteiger partial charge in [0.15, 0.2) is 0 Å². The van der Waals surface area contributed by atoms with Crippen LogP contribution in [0.5, 0.6) is 0 Å². The van der Waals surface area contributed by atoms with Crippen LogP contribution in [0.3, 0.4) is 0 Å². The molecule has 0 aromatic heterocycles. The molecule has 0 aliphatic rings. The Kier molecular flexibility index (Phi) is 6.00. The smallest absolute Gasteiger partial charge is 0.269 e. The summed E-state index contributed by atoms with van der Waals surface area (Å²) in [7, 11) is -3.69. The molecule has 2 rings (SSSR count). The highest BCUT2D eigenvalue weighted by atomic mass is 35.5. The van der Waals surface area contributed by atoms with Crippen molar-refractivity contribution in [3.05, 3.63) is 62.6 Å². The van der Waals surface area contributed by atoms with E-state index < -0.39 is 14.9 Å². The lowest BCUT2D eigenvalue weighted by Gasteiger charge is -2.09. The highest BCUT2D eigenvalue weighted by Crippen LogP contribution is 2.24. The van der Waals surface area contributed by atoms with E-state index in [4.69, 9.17) is 23.2 Å². The molecule has 2 aromatic carbocycles. The molecule has 0 saturated carbocycles. The molecule has 0 unspecified atom stereocenters. The predicted octanol–water partition coefficient (Wildman–Crippen LogP) is 3.29. The summed E-state index contributed by atoms with van der Waals surface area (Å²) >= 11 is 11.6. The maximum absolute atomic E-state index is 12.1. The van der Waals surface area contributed by atoms with Crippen molar-refractivity contribution in [2.45, 2.75) is 4.90 Å². The molecule has 0 heterocycles. The molecular formula is C14H13Cl2N3O4S. The first-order valence-corrected chi connectivity index (χ1v) is 8.96. The van der Waals surface area contributed by atoms with Crippen molar-refractivity contribution in [2.75, 3.05) is 18.4 Å². The van der Waals surface area contributed by atoms with Crippen molar-refractivity contribution < 1.29 is 13.3 Å². The molecule has 2 aromatic rings. The van der Waals surface area contributed by atoms with E-state index in [1.807, 2.05) is 0 Å². The van der Waals surface area contributed by atoms with E-state index in [2.05, 4.69) is 10.0 Å². The lowest BCUT2D eigenvalue weighted by molar-refractivity contribution is -0.384. The summed E-state index contributed by atoms with van der Waals surface area (Å²) < 4.78 is 26.6. The number of anilines is 1. The lowest BCUT2D eigenvalue weighted by atomic mass is 10.3. The highest BCUT2D eigenvalue weighted by Gasteiger charge is 2.14. The second kappa shape index (κ2) is 7.80. The number of benzene rings is 2. The van der Waals surface area contributed by atoms with Crippen LogP contribution in [0, 0.1) is 10.1 Å². The largest absolute Gasteiger partial charge is 0.384 e. The Balaban J connectivity index is 1.88. The van der Waals surface area contributed by atoms with Gasteiger partial charge in [-0.1, -0.05) is 23.2 Å². The van der Waals surface area contributed by atoms with Crippen LogP contribution < -0.4 is 10.0 Å². The Morgan fingerprint density at radius 1 is 1.00 bits per heavy atom. The zero-order valence-corrected chi connectivity index (χ0v) is 14.5. The van der Waals surface area contributed by atoms with E-state index in [9.17, 15) is 18.5 Å². The topological polar surface area (TPSA) is 101 Å². The van der Waals surface area contributed by atoms with Crippen LogP contribution in [0.15, 0.2) is 47.4 Å². The molecule has 10 heteroatoms. The number of hydrogen-bond donors (Lipinski definition) is 2. The average Bonchev–Trinajstić information content (AvgIpc) is 2.54. The van der Waals surface area contributed by atoms with Gasteiger partial charge in [-0.15, -0.1) is 0 Å². The van der Waals surface area contributed by atoms with Crippen molar-refractivity contribution in [2.24, 2.45) is 0 Å². The van der Waals surface area contributed by atoms with Crippen molar-refractivity contribution in [3.63, 3.8) is 0 Å². The molecule has 0 spiro atoms. The summed E-state index contributed by atoms with van der Waals surface area (Å²) in [5.74, 6) is 0. The molecule has 2 N–H and O–H groups in total. The van der Waals surface area contributed by atoms with Gasteiger partial charge in [0.25, 0.3) is 5.69 Å². The van der Waals surface area contributed by atoms with Crippen LogP contribution in [-0.4, -0.2) is 26.4 Å². The van der Waals surface area contributed by atoms with Crippen LogP contribution in [-0.2, 0) is 10.0 Å². The monoisotopic (exact) mass is 389 g/mol. The van der Waals surface area contributed by atoms with E-state index in [0.29, 0.717) is 12.2 Å². The summed E-state index contributed by atoms with van der Waals surface area (Å²) in [6.45, 7) is 0.429. The number of halogens is 2. The molecule has 0 radical (unpaired) electrons. The van der Waals surface area contributed by atoms with Gasteiger partial charge in [0.2, 0.25) is 10.0 Å². The molecule has 0 aliphatic heterocycles. The van der Waals surface area contributed by atoms with Crippen molar-refractivity contribution in [1.29, 1.82) is 0 Å². The Morgan fingerprint density at radius 3 is 2.25 bits per heavy atom. The van der Waals surface area contributed by atoms with Crippen molar-refractivity contribution in [3.8, 4) is 0 Å². The van der Waals surface area contributed by atoms with Crippen LogP contribution >= 0.6 is 23.2 Å². The van der Waals surface area contributed by atoms with Gasteiger partial charge in [-0.3, -0.25) is 10.1 Å². The van der Waals surface area contributed by atoms with Gasteiger partial charge < -0.3 is 5.32 Å². The second-order valence-electron chi connectivity index (χ2n) is 4.70. The molecule has 0 fully saturated rings. The van der Waals surface area contributed by atoms with Crippen molar-refractivity contribution in [1.82, 2.24) is 4.72 Å². The minimum Gasteiger partial charge on any atom is -0.384 e. The number of nitro benzene ring substituents is 1. The van der Waals surface area contributed by atoms with Crippen LogP contribution in [0.4, 0.5) is 11.4 Å². The maximum Gasteiger partial charge on any atom is 0.269 e. The minimum atomic E-state index is -3.69. The Hall–Kier alpha value is -1.87. The summed E-state index contributed by atoms with van der Waals surface area (Å²) in [4.78, 5) is 10.1. The third kappa shape index (κ3) is 4.81. The van der Waals surface area contributed by atoms with Gasteiger partial charge in [-0.2, -0.15) is 0 Å². The Bertz CT molecular complexity index is 842. The van der Waals surface area contributed by atoms with Gasteiger partial charge in [0.05, 0.1) is 19.9 Å². The molecule has 0 bridgehead atoms. The van der Waals surface area contributed by atoms with Crippen LogP contribution in [0.2, 0.25) is 10.0 Å². The molecule has 0 aliphatic carbocycles. The number of hydrogen-bond acceptors (Lipinski definition) is 5. The van der Waals surface area contributed by atoms with Crippen LogP contribution in [0.1, 0.15) is 0 Å². The number of non-ortho nitro benzene ring substituents is 1. The van der Waals surface area contributed by atoms with Gasteiger partial charge in [0.1, 0.15) is 0 Å². The molecular weight excluding hydrogens is 377 g/mol. The number of sulfonamides is 1. The number of nitrogens with one attached hydrogen (secondary N) is 2. The predicted molar refractivity (Wildman–Crippen MR) is 93.2 cm³/mol. The molecule has 24 heavy (non-hydrogen) atoms. The van der Waals surface area contributed by atoms with Crippen LogP contribution in [0.25, 0.3) is 0 Å². The molecule has 0 atom stereocenters. The standard InChI is InChI=1S/C14H13Cl2N3O4S/c15-13-6-5-12(9-14(13)16)24(22,23)18-8-7-17-10-1-3-11(4-2-10)19(20)21/h1-6,9,17-18H,7-8H2. The summed E-state index contributed by atoms with van der Waals surface area (Å²) in [5, 5.41) is 13.9. The second-order valence-corrected chi connectivity index (χ2v) is 7.29. The number of rotatable bonds is 7. The third-order valence-electron chi connectivity index (χ3n) is 3.03. The summed E-state index contributed by atoms with van der Waals surface area (Å²) in [5.41, 5.74) is 0.634. The number of nitro groups is 1. The van der Waals surface area contributed by atoms with Crippen molar-refractivity contribution >= 4 is 44.6 Å². The zero-order valence-electron chi connectivity index (χ0n) is 12.2. The van der Waals surface area contributed by atoms with E-state index in [-0.39, 0.29) is 27.2 Å². The molecule has 7 nitrogen and oxygen atoms in total. The fraction of sp³-hybridized carbons (Fsp3) is 0.143. The SMILES string of the molecule is O=[N+]([O-])c1ccc(NCCNS(=O)(=O)c2ccc(Cl)c(Cl)c2)cc1. The lowest BCUT2D eigenvalue weighted by Crippen LogP contribution is -2.28. The van der Waals surface area contributed by atoms with Gasteiger partial charge in [-0.05, 0) is 30.3 Å². The quantitative estimate of drug-likeness (QED) is 0.429. The first kappa shape index (κ1) is 18.5.